The van der Waals surface area contributed by atoms with Crippen LogP contribution in [0.3, 0.4) is 0 Å². The average Bonchev–Trinajstić information content (AvgIpc) is 2.82. The molecule has 1 N–H and O–H groups in total. The van der Waals surface area contributed by atoms with E-state index in [0.717, 1.165) is 16.8 Å². The summed E-state index contributed by atoms with van der Waals surface area (Å²) in [7, 11) is 0. The number of para-hydroxylation sites is 1. The van der Waals surface area contributed by atoms with Crippen LogP contribution in [-0.4, -0.2) is 4.98 Å². The Morgan fingerprint density at radius 3 is 2.61 bits per heavy atom. The Hall–Kier alpha value is -1.74. The molecule has 0 aliphatic carbocycles. The highest BCUT2D eigenvalue weighted by Gasteiger charge is 2.03. The minimum Gasteiger partial charge on any atom is -0.360 e. The molecule has 3 rings (SSSR count). The van der Waals surface area contributed by atoms with Crippen LogP contribution in [0.1, 0.15) is 5.56 Å². The number of H-pyrrole nitrogens is 1. The standard InChI is InChI=1S/C15H12FNS/c16-12-7-5-11(6-8-12)10-18-15-9-17-14-4-2-1-3-13(14)15/h1-9,17H,10H2. The minimum absolute atomic E-state index is 0.184. The summed E-state index contributed by atoms with van der Waals surface area (Å²) in [6.45, 7) is 0. The summed E-state index contributed by atoms with van der Waals surface area (Å²) in [5, 5.41) is 1.24. The van der Waals surface area contributed by atoms with Crippen LogP contribution in [0.2, 0.25) is 0 Å². The highest BCUT2D eigenvalue weighted by molar-refractivity contribution is 7.98. The summed E-state index contributed by atoms with van der Waals surface area (Å²) in [5.74, 6) is 0.665. The van der Waals surface area contributed by atoms with Gasteiger partial charge in [0.15, 0.2) is 0 Å². The molecule has 0 amide bonds. The van der Waals surface area contributed by atoms with Crippen molar-refractivity contribution in [3.8, 4) is 0 Å². The molecule has 0 saturated carbocycles. The van der Waals surface area contributed by atoms with E-state index in [2.05, 4.69) is 17.1 Å². The molecule has 0 fully saturated rings. The third kappa shape index (κ3) is 2.27. The Labute approximate surface area is 109 Å². The molecule has 0 atom stereocenters. The second-order valence-electron chi connectivity index (χ2n) is 4.11. The maximum absolute atomic E-state index is 12.8. The van der Waals surface area contributed by atoms with Crippen molar-refractivity contribution >= 4 is 22.7 Å². The Morgan fingerprint density at radius 1 is 1.00 bits per heavy atom. The monoisotopic (exact) mass is 257 g/mol. The molecule has 3 heteroatoms. The van der Waals surface area contributed by atoms with Crippen LogP contribution in [0.4, 0.5) is 4.39 Å². The number of nitrogens with one attached hydrogen (secondary N) is 1. The number of thioether (sulfide) groups is 1. The quantitative estimate of drug-likeness (QED) is 0.678. The lowest BCUT2D eigenvalue weighted by atomic mass is 10.2. The molecule has 1 heterocycles. The molecule has 0 radical (unpaired) electrons. The number of hydrogen-bond donors (Lipinski definition) is 1. The SMILES string of the molecule is Fc1ccc(CSc2c[nH]c3ccccc23)cc1. The average molecular weight is 257 g/mol. The largest absolute Gasteiger partial charge is 0.360 e. The summed E-state index contributed by atoms with van der Waals surface area (Å²) in [5.41, 5.74) is 2.28. The minimum atomic E-state index is -0.184. The van der Waals surface area contributed by atoms with Crippen LogP contribution in [0.5, 0.6) is 0 Å². The molecule has 0 aliphatic rings. The van der Waals surface area contributed by atoms with Crippen LogP contribution in [0, 0.1) is 5.82 Å². The second-order valence-corrected chi connectivity index (χ2v) is 5.13. The molecule has 2 aromatic carbocycles. The number of aromatic amines is 1. The van der Waals surface area contributed by atoms with Gasteiger partial charge in [-0.25, -0.2) is 4.39 Å². The van der Waals surface area contributed by atoms with Crippen LogP contribution in [0.15, 0.2) is 59.6 Å². The zero-order chi connectivity index (χ0) is 12.4. The normalized spacial score (nSPS) is 10.9. The van der Waals surface area contributed by atoms with Gasteiger partial charge in [-0.1, -0.05) is 30.3 Å². The van der Waals surface area contributed by atoms with Crippen molar-refractivity contribution in [3.05, 3.63) is 66.1 Å². The lowest BCUT2D eigenvalue weighted by Crippen LogP contribution is -1.80. The van der Waals surface area contributed by atoms with Gasteiger partial charge in [0.2, 0.25) is 0 Å². The van der Waals surface area contributed by atoms with Gasteiger partial charge in [0.25, 0.3) is 0 Å². The van der Waals surface area contributed by atoms with Gasteiger partial charge < -0.3 is 4.98 Å². The van der Waals surface area contributed by atoms with Crippen molar-refractivity contribution in [3.63, 3.8) is 0 Å². The predicted molar refractivity (Wildman–Crippen MR) is 74.3 cm³/mol. The maximum Gasteiger partial charge on any atom is 0.123 e. The lowest BCUT2D eigenvalue weighted by molar-refractivity contribution is 0.627. The van der Waals surface area contributed by atoms with Gasteiger partial charge in [-0.05, 0) is 23.8 Å². The van der Waals surface area contributed by atoms with Gasteiger partial charge in [-0.3, -0.25) is 0 Å². The van der Waals surface area contributed by atoms with E-state index in [1.807, 2.05) is 30.5 Å². The molecule has 0 unspecified atom stereocenters. The second kappa shape index (κ2) is 4.86. The third-order valence-corrected chi connectivity index (χ3v) is 3.99. The van der Waals surface area contributed by atoms with E-state index in [1.165, 1.54) is 22.4 Å². The molecule has 0 spiro atoms. The summed E-state index contributed by atoms with van der Waals surface area (Å²) >= 11 is 1.76. The van der Waals surface area contributed by atoms with E-state index in [9.17, 15) is 4.39 Å². The first kappa shape index (κ1) is 11.4. The van der Waals surface area contributed by atoms with Crippen molar-refractivity contribution in [2.45, 2.75) is 10.6 Å². The molecule has 0 bridgehead atoms. The topological polar surface area (TPSA) is 15.8 Å². The fourth-order valence-corrected chi connectivity index (χ4v) is 2.90. The van der Waals surface area contributed by atoms with E-state index in [1.54, 1.807) is 11.8 Å². The molecule has 1 nitrogen and oxygen atoms in total. The number of rotatable bonds is 3. The van der Waals surface area contributed by atoms with E-state index in [4.69, 9.17) is 0 Å². The van der Waals surface area contributed by atoms with Crippen molar-refractivity contribution in [1.82, 2.24) is 4.98 Å². The maximum atomic E-state index is 12.8. The van der Waals surface area contributed by atoms with E-state index >= 15 is 0 Å². The van der Waals surface area contributed by atoms with Gasteiger partial charge >= 0.3 is 0 Å². The predicted octanol–water partition coefficient (Wildman–Crippen LogP) is 4.60. The summed E-state index contributed by atoms with van der Waals surface area (Å²) < 4.78 is 12.8. The number of hydrogen-bond acceptors (Lipinski definition) is 1. The molecular weight excluding hydrogens is 245 g/mol. The van der Waals surface area contributed by atoms with Crippen LogP contribution < -0.4 is 0 Å². The van der Waals surface area contributed by atoms with Gasteiger partial charge in [-0.15, -0.1) is 11.8 Å². The summed E-state index contributed by atoms with van der Waals surface area (Å²) in [6, 6.07) is 14.9. The molecule has 0 saturated heterocycles. The Morgan fingerprint density at radius 2 is 1.78 bits per heavy atom. The molecule has 18 heavy (non-hydrogen) atoms. The van der Waals surface area contributed by atoms with Crippen LogP contribution >= 0.6 is 11.8 Å². The lowest BCUT2D eigenvalue weighted by Gasteiger charge is -2.00. The molecular formula is C15H12FNS. The number of halogens is 1. The molecule has 90 valence electrons. The van der Waals surface area contributed by atoms with E-state index < -0.39 is 0 Å². The van der Waals surface area contributed by atoms with Crippen molar-refractivity contribution in [1.29, 1.82) is 0 Å². The van der Waals surface area contributed by atoms with Gasteiger partial charge in [0.05, 0.1) is 0 Å². The molecule has 1 aromatic heterocycles. The van der Waals surface area contributed by atoms with Gasteiger partial charge in [-0.2, -0.15) is 0 Å². The third-order valence-electron chi connectivity index (χ3n) is 2.86. The van der Waals surface area contributed by atoms with Crippen molar-refractivity contribution in [2.24, 2.45) is 0 Å². The first-order valence-electron chi connectivity index (χ1n) is 5.76. The molecule has 3 aromatic rings. The zero-order valence-corrected chi connectivity index (χ0v) is 10.5. The highest BCUT2D eigenvalue weighted by Crippen LogP contribution is 2.30. The van der Waals surface area contributed by atoms with Crippen molar-refractivity contribution in [2.75, 3.05) is 0 Å². The fourth-order valence-electron chi connectivity index (χ4n) is 1.91. The number of aromatic nitrogens is 1. The molecule has 0 aliphatic heterocycles. The highest BCUT2D eigenvalue weighted by atomic mass is 32.2. The Bertz CT molecular complexity index is 658. The van der Waals surface area contributed by atoms with E-state index in [-0.39, 0.29) is 5.82 Å². The smallest absolute Gasteiger partial charge is 0.123 e. The summed E-state index contributed by atoms with van der Waals surface area (Å²) in [6.07, 6.45) is 2.03. The van der Waals surface area contributed by atoms with Gasteiger partial charge in [0.1, 0.15) is 5.82 Å². The zero-order valence-electron chi connectivity index (χ0n) is 9.69. The van der Waals surface area contributed by atoms with E-state index in [0.29, 0.717) is 0 Å². The first-order valence-corrected chi connectivity index (χ1v) is 6.75. The fraction of sp³-hybridized carbons (Fsp3) is 0.0667. The van der Waals surface area contributed by atoms with Crippen LogP contribution in [0.25, 0.3) is 10.9 Å². The Balaban J connectivity index is 1.79. The van der Waals surface area contributed by atoms with Gasteiger partial charge in [0, 0.05) is 27.7 Å². The van der Waals surface area contributed by atoms with Crippen LogP contribution in [-0.2, 0) is 5.75 Å². The Kier molecular flexibility index (Phi) is 3.07. The first-order chi connectivity index (χ1) is 8.83. The van der Waals surface area contributed by atoms with Crippen molar-refractivity contribution < 1.29 is 4.39 Å². The number of fused-ring (bicyclic) bond motifs is 1. The summed E-state index contributed by atoms with van der Waals surface area (Å²) in [4.78, 5) is 4.48. The number of benzene rings is 2.